The maximum absolute atomic E-state index is 9.22. The largest absolute Gasteiger partial charge is 0.395 e. The Balaban J connectivity index is 1.50. The molecule has 4 nitrogen and oxygen atoms in total. The zero-order chi connectivity index (χ0) is 18.0. The van der Waals surface area contributed by atoms with Gasteiger partial charge in [0.2, 0.25) is 0 Å². The van der Waals surface area contributed by atoms with Crippen molar-refractivity contribution in [2.75, 3.05) is 26.2 Å². The summed E-state index contributed by atoms with van der Waals surface area (Å²) in [6, 6.07) is 15.6. The van der Waals surface area contributed by atoms with E-state index >= 15 is 0 Å². The van der Waals surface area contributed by atoms with Crippen LogP contribution in [0.4, 0.5) is 0 Å². The van der Waals surface area contributed by atoms with Crippen molar-refractivity contribution in [2.45, 2.75) is 44.2 Å². The molecule has 1 aromatic heterocycles. The second-order valence-electron chi connectivity index (χ2n) is 7.84. The predicted octanol–water partition coefficient (Wildman–Crippen LogP) is 2.95. The van der Waals surface area contributed by atoms with Crippen LogP contribution in [0.5, 0.6) is 0 Å². The van der Waals surface area contributed by atoms with Gasteiger partial charge in [-0.1, -0.05) is 30.3 Å². The minimum absolute atomic E-state index is 0.261. The molecule has 138 valence electrons. The molecule has 0 saturated carbocycles. The topological polar surface area (TPSA) is 48.4 Å². The first kappa shape index (κ1) is 17.7. The van der Waals surface area contributed by atoms with Gasteiger partial charge in [-0.2, -0.15) is 0 Å². The Labute approximate surface area is 156 Å². The van der Waals surface area contributed by atoms with Gasteiger partial charge in [-0.05, 0) is 68.0 Å². The van der Waals surface area contributed by atoms with Crippen LogP contribution in [0.2, 0.25) is 0 Å². The van der Waals surface area contributed by atoms with E-state index in [2.05, 4.69) is 51.6 Å². The van der Waals surface area contributed by atoms with Crippen molar-refractivity contribution in [3.8, 4) is 0 Å². The van der Waals surface area contributed by atoms with E-state index in [-0.39, 0.29) is 6.61 Å². The third-order valence-electron chi connectivity index (χ3n) is 6.21. The molecule has 1 aliphatic heterocycles. The third-order valence-corrected chi connectivity index (χ3v) is 6.21. The van der Waals surface area contributed by atoms with E-state index in [0.29, 0.717) is 11.5 Å². The van der Waals surface area contributed by atoms with Gasteiger partial charge in [0.05, 0.1) is 12.3 Å². The van der Waals surface area contributed by atoms with Gasteiger partial charge in [-0.25, -0.2) is 0 Å². The fraction of sp³-hybridized carbons (Fsp3) is 0.500. The zero-order valence-corrected chi connectivity index (χ0v) is 15.6. The van der Waals surface area contributed by atoms with Gasteiger partial charge < -0.3 is 15.3 Å². The lowest BCUT2D eigenvalue weighted by atomic mass is 9.73. The number of aliphatic hydroxyl groups excluding tert-OH is 1. The summed E-state index contributed by atoms with van der Waals surface area (Å²) in [5.74, 6) is 0. The number of hydrogen-bond donors (Lipinski definition) is 2. The van der Waals surface area contributed by atoms with Crippen LogP contribution in [0.15, 0.2) is 42.5 Å². The molecule has 2 heterocycles. The molecule has 1 aliphatic carbocycles. The Morgan fingerprint density at radius 1 is 1.15 bits per heavy atom. The van der Waals surface area contributed by atoms with Gasteiger partial charge in [0.15, 0.2) is 0 Å². The highest BCUT2D eigenvalue weighted by atomic mass is 16.3. The van der Waals surface area contributed by atoms with Crippen molar-refractivity contribution in [2.24, 2.45) is 0 Å². The van der Waals surface area contributed by atoms with Gasteiger partial charge in [-0.15, -0.1) is 0 Å². The molecule has 0 amide bonds. The normalized spacial score (nSPS) is 21.8. The van der Waals surface area contributed by atoms with E-state index in [1.54, 1.807) is 5.56 Å². The fourth-order valence-electron chi connectivity index (χ4n) is 4.82. The number of β-amino-alcohol motifs (C(OH)–C–C–N with tert-alkyl or cyclic N) is 1. The number of likely N-dealkylation sites (tertiary alicyclic amines) is 1. The van der Waals surface area contributed by atoms with Crippen molar-refractivity contribution >= 4 is 0 Å². The van der Waals surface area contributed by atoms with Crippen LogP contribution in [0.3, 0.4) is 0 Å². The van der Waals surface area contributed by atoms with Crippen molar-refractivity contribution in [3.63, 3.8) is 0 Å². The molecule has 1 fully saturated rings. The van der Waals surface area contributed by atoms with E-state index in [1.807, 2.05) is 13.0 Å². The smallest absolute Gasteiger partial charge is 0.0558 e. The molecule has 2 aromatic rings. The highest BCUT2D eigenvalue weighted by Crippen LogP contribution is 2.50. The lowest BCUT2D eigenvalue weighted by Gasteiger charge is -2.40. The highest BCUT2D eigenvalue weighted by molar-refractivity contribution is 5.42. The van der Waals surface area contributed by atoms with Gasteiger partial charge >= 0.3 is 0 Å². The molecular formula is C22H29N3O. The summed E-state index contributed by atoms with van der Waals surface area (Å²) in [6.45, 7) is 6.09. The number of nitrogens with one attached hydrogen (secondary N) is 1. The van der Waals surface area contributed by atoms with Crippen LogP contribution in [0.1, 0.15) is 47.8 Å². The summed E-state index contributed by atoms with van der Waals surface area (Å²) in [4.78, 5) is 7.03. The van der Waals surface area contributed by atoms with Crippen LogP contribution in [0, 0.1) is 6.92 Å². The van der Waals surface area contributed by atoms with Crippen molar-refractivity contribution < 1.29 is 5.11 Å². The molecule has 26 heavy (non-hydrogen) atoms. The Kier molecular flexibility index (Phi) is 5.07. The molecule has 0 bridgehead atoms. The van der Waals surface area contributed by atoms with E-state index in [1.165, 1.54) is 24.8 Å². The number of nitrogens with zero attached hydrogens (tertiary/aromatic N) is 2. The number of aromatic nitrogens is 1. The monoisotopic (exact) mass is 351 g/mol. The molecule has 1 spiro atoms. The zero-order valence-electron chi connectivity index (χ0n) is 15.6. The van der Waals surface area contributed by atoms with E-state index in [0.717, 1.165) is 37.6 Å². The third kappa shape index (κ3) is 3.41. The Bertz CT molecular complexity index is 753. The molecule has 4 heteroatoms. The van der Waals surface area contributed by atoms with E-state index in [4.69, 9.17) is 0 Å². The molecule has 1 saturated heterocycles. The van der Waals surface area contributed by atoms with E-state index < -0.39 is 0 Å². The molecular weight excluding hydrogens is 322 g/mol. The summed E-state index contributed by atoms with van der Waals surface area (Å²) in [5, 5.41) is 13.0. The molecule has 4 rings (SSSR count). The fourth-order valence-corrected chi connectivity index (χ4v) is 4.82. The summed E-state index contributed by atoms with van der Waals surface area (Å²) < 4.78 is 0. The summed E-state index contributed by atoms with van der Waals surface area (Å²) in [6.07, 6.45) is 3.54. The Morgan fingerprint density at radius 2 is 1.96 bits per heavy atom. The number of aryl methyl sites for hydroxylation is 1. The van der Waals surface area contributed by atoms with Crippen LogP contribution < -0.4 is 5.32 Å². The molecule has 0 radical (unpaired) electrons. The lowest BCUT2D eigenvalue weighted by Crippen LogP contribution is -2.42. The minimum atomic E-state index is 0.261. The molecule has 1 unspecified atom stereocenters. The number of pyridine rings is 1. The van der Waals surface area contributed by atoms with Crippen molar-refractivity contribution in [1.29, 1.82) is 0 Å². The second-order valence-corrected chi connectivity index (χ2v) is 7.84. The van der Waals surface area contributed by atoms with Crippen LogP contribution >= 0.6 is 0 Å². The first-order valence-electron chi connectivity index (χ1n) is 9.79. The molecule has 1 aromatic carbocycles. The number of hydrogen-bond acceptors (Lipinski definition) is 4. The average Bonchev–Trinajstić information content (AvgIpc) is 2.96. The number of aliphatic hydroxyl groups is 1. The van der Waals surface area contributed by atoms with Crippen LogP contribution in [0.25, 0.3) is 0 Å². The number of rotatable bonds is 5. The molecule has 1 atom stereocenters. The summed E-state index contributed by atoms with van der Waals surface area (Å²) in [7, 11) is 0. The highest BCUT2D eigenvalue weighted by Gasteiger charge is 2.44. The predicted molar refractivity (Wildman–Crippen MR) is 104 cm³/mol. The van der Waals surface area contributed by atoms with Gasteiger partial charge in [0.25, 0.3) is 0 Å². The maximum atomic E-state index is 9.22. The number of fused-ring (bicyclic) bond motifs is 2. The lowest BCUT2D eigenvalue weighted by molar-refractivity contribution is 0.127. The van der Waals surface area contributed by atoms with Gasteiger partial charge in [0.1, 0.15) is 0 Å². The van der Waals surface area contributed by atoms with Crippen molar-refractivity contribution in [3.05, 3.63) is 65.0 Å². The Hall–Kier alpha value is -1.75. The first-order chi connectivity index (χ1) is 12.7. The van der Waals surface area contributed by atoms with Gasteiger partial charge in [-0.3, -0.25) is 4.98 Å². The molecule has 2 aliphatic rings. The first-order valence-corrected chi connectivity index (χ1v) is 9.79. The summed E-state index contributed by atoms with van der Waals surface area (Å²) in [5.41, 5.74) is 5.49. The number of benzene rings is 1. The average molecular weight is 351 g/mol. The molecule has 2 N–H and O–H groups in total. The minimum Gasteiger partial charge on any atom is -0.395 e. The second kappa shape index (κ2) is 7.47. The summed E-state index contributed by atoms with van der Waals surface area (Å²) >= 11 is 0. The van der Waals surface area contributed by atoms with Crippen LogP contribution in [-0.4, -0.2) is 41.2 Å². The van der Waals surface area contributed by atoms with Crippen molar-refractivity contribution in [1.82, 2.24) is 15.2 Å². The standard InChI is InChI=1S/C22H29N3O/c1-17-5-4-6-18(24-17)16-23-21-15-22(20-8-3-2-7-19(20)21)9-11-25(12-10-22)13-14-26/h2-8,21,23,26H,9-16H2,1H3. The number of piperidine rings is 1. The van der Waals surface area contributed by atoms with Gasteiger partial charge in [0, 0.05) is 24.8 Å². The SMILES string of the molecule is Cc1cccc(CNC2CC3(CCN(CCO)CC3)c3ccccc32)n1. The maximum Gasteiger partial charge on any atom is 0.0558 e. The quantitative estimate of drug-likeness (QED) is 0.870. The van der Waals surface area contributed by atoms with Crippen LogP contribution in [-0.2, 0) is 12.0 Å². The Morgan fingerprint density at radius 3 is 2.73 bits per heavy atom. The van der Waals surface area contributed by atoms with E-state index in [9.17, 15) is 5.11 Å².